The minimum Gasteiger partial charge on any atom is -0.399 e. The van der Waals surface area contributed by atoms with Gasteiger partial charge in [-0.2, -0.15) is 0 Å². The molecule has 0 radical (unpaired) electrons. The predicted molar refractivity (Wildman–Crippen MR) is 72.6 cm³/mol. The lowest BCUT2D eigenvalue weighted by atomic mass is 9.79. The molecule has 0 aliphatic carbocycles. The molecule has 0 spiro atoms. The number of benzene rings is 1. The third-order valence-corrected chi connectivity index (χ3v) is 3.96. The van der Waals surface area contributed by atoms with Gasteiger partial charge in [-0.15, -0.1) is 4.89 Å². The van der Waals surface area contributed by atoms with Crippen LogP contribution in [-0.4, -0.2) is 23.2 Å². The highest BCUT2D eigenvalue weighted by Crippen LogP contribution is 2.36. The average molecular weight is 283 g/mol. The minimum atomic E-state index is -2.64. The van der Waals surface area contributed by atoms with E-state index in [4.69, 9.17) is 18.7 Å². The van der Waals surface area contributed by atoms with Crippen LogP contribution >= 0.6 is 8.25 Å². The van der Waals surface area contributed by atoms with Crippen LogP contribution < -0.4 is 9.99 Å². The Kier molecular flexibility index (Phi) is 3.71. The molecule has 1 aliphatic heterocycles. The highest BCUT2D eigenvalue weighted by molar-refractivity contribution is 7.32. The van der Waals surface area contributed by atoms with Crippen molar-refractivity contribution in [3.8, 4) is 5.75 Å². The van der Waals surface area contributed by atoms with E-state index in [1.54, 1.807) is 24.3 Å². The molecule has 1 saturated heterocycles. The Bertz CT molecular complexity index is 469. The lowest BCUT2D eigenvalue weighted by Gasteiger charge is -2.32. The topological polar surface area (TPSA) is 65.0 Å². The van der Waals surface area contributed by atoms with E-state index in [9.17, 15) is 4.57 Å². The Morgan fingerprint density at radius 1 is 1.11 bits per heavy atom. The second kappa shape index (κ2) is 4.87. The van der Waals surface area contributed by atoms with Crippen LogP contribution in [0, 0.1) is 0 Å². The summed E-state index contributed by atoms with van der Waals surface area (Å²) in [5.74, 6) is 0.337. The molecule has 5 nitrogen and oxygen atoms in total. The van der Waals surface area contributed by atoms with Gasteiger partial charge in [0.05, 0.1) is 11.2 Å². The summed E-state index contributed by atoms with van der Waals surface area (Å²) >= 11 is 0. The van der Waals surface area contributed by atoms with E-state index in [1.165, 1.54) is 0 Å². The Hall–Kier alpha value is -0.935. The number of hydrogen-bond donors (Lipinski definition) is 1. The molecule has 19 heavy (non-hydrogen) atoms. The molecule has 7 heteroatoms. The van der Waals surface area contributed by atoms with Crippen molar-refractivity contribution in [2.45, 2.75) is 38.9 Å². The fourth-order valence-corrected chi connectivity index (χ4v) is 2.06. The maximum Gasteiger partial charge on any atom is 0.747 e. The first-order valence-electron chi connectivity index (χ1n) is 6.01. The van der Waals surface area contributed by atoms with Gasteiger partial charge >= 0.3 is 15.4 Å². The maximum absolute atomic E-state index is 10.6. The van der Waals surface area contributed by atoms with Crippen molar-refractivity contribution in [2.75, 3.05) is 0 Å². The number of rotatable bonds is 3. The van der Waals surface area contributed by atoms with Gasteiger partial charge < -0.3 is 9.31 Å². The van der Waals surface area contributed by atoms with Crippen LogP contribution in [0.5, 0.6) is 5.75 Å². The lowest BCUT2D eigenvalue weighted by molar-refractivity contribution is 0.00578. The summed E-state index contributed by atoms with van der Waals surface area (Å²) in [6, 6.07) is 6.75. The first-order chi connectivity index (χ1) is 8.71. The van der Waals surface area contributed by atoms with E-state index in [0.29, 0.717) is 5.75 Å². The summed E-state index contributed by atoms with van der Waals surface area (Å²) in [5.41, 5.74) is 0.0712. The van der Waals surface area contributed by atoms with Crippen molar-refractivity contribution in [2.24, 2.45) is 0 Å². The molecule has 0 bridgehead atoms. The van der Waals surface area contributed by atoms with E-state index < -0.39 is 15.4 Å². The highest BCUT2D eigenvalue weighted by atomic mass is 31.1. The van der Waals surface area contributed by atoms with Gasteiger partial charge in [0.1, 0.15) is 0 Å². The quantitative estimate of drug-likeness (QED) is 0.679. The summed E-state index contributed by atoms with van der Waals surface area (Å²) in [6.07, 6.45) is 0. The second-order valence-corrected chi connectivity index (χ2v) is 6.14. The summed E-state index contributed by atoms with van der Waals surface area (Å²) < 4.78 is 27.1. The molecule has 1 N–H and O–H groups in total. The van der Waals surface area contributed by atoms with Gasteiger partial charge in [-0.3, -0.25) is 0 Å². The predicted octanol–water partition coefficient (Wildman–Crippen LogP) is 2.01. The van der Waals surface area contributed by atoms with Gasteiger partial charge in [0, 0.05) is 4.57 Å². The van der Waals surface area contributed by atoms with Gasteiger partial charge in [-0.1, -0.05) is 12.1 Å². The van der Waals surface area contributed by atoms with Gasteiger partial charge in [0.25, 0.3) is 0 Å². The van der Waals surface area contributed by atoms with Crippen molar-refractivity contribution < 1.29 is 23.3 Å². The van der Waals surface area contributed by atoms with Crippen LogP contribution in [0.1, 0.15) is 27.7 Å². The van der Waals surface area contributed by atoms with Crippen molar-refractivity contribution in [3.63, 3.8) is 0 Å². The van der Waals surface area contributed by atoms with E-state index in [-0.39, 0.29) is 11.2 Å². The normalized spacial score (nSPS) is 21.3. The zero-order valence-corrected chi connectivity index (χ0v) is 12.3. The third kappa shape index (κ3) is 2.98. The molecule has 2 rings (SSSR count). The first-order valence-corrected chi connectivity index (χ1v) is 7.14. The zero-order chi connectivity index (χ0) is 14.3. The smallest absolute Gasteiger partial charge is 0.399 e. The fourth-order valence-electron chi connectivity index (χ4n) is 1.76. The Labute approximate surface area is 114 Å². The van der Waals surface area contributed by atoms with Gasteiger partial charge in [-0.05, 0) is 45.3 Å². The van der Waals surface area contributed by atoms with Crippen LogP contribution in [0.15, 0.2) is 24.3 Å². The standard InChI is InChI=1S/C12H16BO5P/c1-11(2)12(3,4)18-13(17-11)9-5-7-10(8-6-9)16-19(14)15/h5-8H,1-4H3/p+1. The van der Waals surface area contributed by atoms with E-state index in [2.05, 4.69) is 0 Å². The van der Waals surface area contributed by atoms with Gasteiger partial charge in [-0.25, -0.2) is 4.52 Å². The van der Waals surface area contributed by atoms with E-state index in [1.807, 2.05) is 27.7 Å². The summed E-state index contributed by atoms with van der Waals surface area (Å²) in [6.45, 7) is 7.95. The SMILES string of the molecule is CC1(C)OB(c2ccc(O[P+](=O)O)cc2)OC1(C)C. The molecular formula is C12H17BO5P+. The molecule has 1 aliphatic rings. The molecule has 0 amide bonds. The maximum atomic E-state index is 10.6. The third-order valence-electron chi connectivity index (χ3n) is 3.59. The molecule has 1 unspecified atom stereocenters. The van der Waals surface area contributed by atoms with Gasteiger partial charge in [0.2, 0.25) is 0 Å². The number of hydrogen-bond acceptors (Lipinski definition) is 4. The molecule has 1 fully saturated rings. The van der Waals surface area contributed by atoms with Crippen molar-refractivity contribution in [1.82, 2.24) is 0 Å². The minimum absolute atomic E-state index is 0.337. The molecule has 1 aromatic carbocycles. The zero-order valence-electron chi connectivity index (χ0n) is 11.4. The summed E-state index contributed by atoms with van der Waals surface area (Å²) in [7, 11) is -3.08. The summed E-state index contributed by atoms with van der Waals surface area (Å²) in [4.78, 5) is 8.66. The Morgan fingerprint density at radius 2 is 1.58 bits per heavy atom. The largest absolute Gasteiger partial charge is 0.747 e. The van der Waals surface area contributed by atoms with E-state index >= 15 is 0 Å². The molecule has 0 saturated carbocycles. The molecule has 1 aromatic rings. The van der Waals surface area contributed by atoms with Crippen LogP contribution in [0.4, 0.5) is 0 Å². The van der Waals surface area contributed by atoms with Crippen LogP contribution in [0.2, 0.25) is 0 Å². The second-order valence-electron chi connectivity index (χ2n) is 5.49. The van der Waals surface area contributed by atoms with Crippen molar-refractivity contribution >= 4 is 20.8 Å². The Balaban J connectivity index is 2.14. The van der Waals surface area contributed by atoms with Crippen LogP contribution in [-0.2, 0) is 13.9 Å². The molecule has 0 aromatic heterocycles. The highest BCUT2D eigenvalue weighted by Gasteiger charge is 2.51. The van der Waals surface area contributed by atoms with Crippen molar-refractivity contribution in [3.05, 3.63) is 24.3 Å². The first kappa shape index (κ1) is 14.5. The van der Waals surface area contributed by atoms with E-state index in [0.717, 1.165) is 5.46 Å². The monoisotopic (exact) mass is 283 g/mol. The van der Waals surface area contributed by atoms with Crippen LogP contribution in [0.25, 0.3) is 0 Å². The lowest BCUT2D eigenvalue weighted by Crippen LogP contribution is -2.41. The molecule has 1 atom stereocenters. The molecular weight excluding hydrogens is 266 g/mol. The fraction of sp³-hybridized carbons (Fsp3) is 0.500. The average Bonchev–Trinajstić information content (AvgIpc) is 2.48. The summed E-state index contributed by atoms with van der Waals surface area (Å²) in [5, 5.41) is 0. The Morgan fingerprint density at radius 3 is 2.00 bits per heavy atom. The molecule has 102 valence electrons. The van der Waals surface area contributed by atoms with Gasteiger partial charge in [0.15, 0.2) is 5.75 Å². The van der Waals surface area contributed by atoms with Crippen LogP contribution in [0.3, 0.4) is 0 Å². The van der Waals surface area contributed by atoms with Crippen molar-refractivity contribution in [1.29, 1.82) is 0 Å². The molecule has 1 heterocycles.